The summed E-state index contributed by atoms with van der Waals surface area (Å²) in [6.07, 6.45) is -2.80. The fraction of sp³-hybridized carbons (Fsp3) is 0.667. The number of ether oxygens (including phenoxy) is 5. The van der Waals surface area contributed by atoms with Crippen LogP contribution in [0.4, 0.5) is 0 Å². The lowest BCUT2D eigenvalue weighted by atomic mass is 9.83. The van der Waals surface area contributed by atoms with Crippen molar-refractivity contribution in [2.24, 2.45) is 0 Å². The van der Waals surface area contributed by atoms with Crippen molar-refractivity contribution in [2.75, 3.05) is 13.2 Å². The summed E-state index contributed by atoms with van der Waals surface area (Å²) in [7, 11) is -4.04. The molecular formula is C18H20O12S. The van der Waals surface area contributed by atoms with E-state index in [0.717, 1.165) is 13.8 Å². The molecule has 4 aliphatic rings. The Morgan fingerprint density at radius 1 is 1.10 bits per heavy atom. The van der Waals surface area contributed by atoms with Crippen LogP contribution >= 0.6 is 0 Å². The van der Waals surface area contributed by atoms with Crippen LogP contribution in [-0.4, -0.2) is 79.8 Å². The lowest BCUT2D eigenvalue weighted by molar-refractivity contribution is -0.197. The highest BCUT2D eigenvalue weighted by Crippen LogP contribution is 2.78. The summed E-state index contributed by atoms with van der Waals surface area (Å²) in [5.74, 6) is -3.28. The summed E-state index contributed by atoms with van der Waals surface area (Å²) in [5, 5.41) is -1.20. The number of hydrogen-bond acceptors (Lipinski definition) is 12. The lowest BCUT2D eigenvalue weighted by Gasteiger charge is -2.39. The fourth-order valence-electron chi connectivity index (χ4n) is 4.87. The standard InChI is InChI=1S/C18H20O12S/c1-8(2)13(22)25-6-12(21)27-14-16(7-26-9(3)19)5-11-17(30-16)15(29-31(11,23)24)18(14,17)28-10(4)20/h11,14-15H,1,5-7H2,2-4H3. The van der Waals surface area contributed by atoms with E-state index in [-0.39, 0.29) is 12.0 Å². The first-order valence-electron chi connectivity index (χ1n) is 9.30. The average molecular weight is 460 g/mol. The summed E-state index contributed by atoms with van der Waals surface area (Å²) < 4.78 is 56.7. The van der Waals surface area contributed by atoms with E-state index >= 15 is 0 Å². The van der Waals surface area contributed by atoms with Gasteiger partial charge in [-0.15, -0.1) is 0 Å². The summed E-state index contributed by atoms with van der Waals surface area (Å²) in [6, 6.07) is 0. The van der Waals surface area contributed by atoms with Gasteiger partial charge in [0.1, 0.15) is 17.5 Å². The zero-order chi connectivity index (χ0) is 23.0. The Balaban J connectivity index is 1.66. The molecule has 1 saturated carbocycles. The molecular weight excluding hydrogens is 440 g/mol. The number of carbonyl (C=O) groups excluding carboxylic acids is 4. The van der Waals surface area contributed by atoms with Gasteiger partial charge in [-0.3, -0.25) is 13.8 Å². The van der Waals surface area contributed by atoms with E-state index in [2.05, 4.69) is 6.58 Å². The second-order valence-corrected chi connectivity index (χ2v) is 9.76. The van der Waals surface area contributed by atoms with Crippen molar-refractivity contribution in [3.63, 3.8) is 0 Å². The Morgan fingerprint density at radius 2 is 1.77 bits per heavy atom. The zero-order valence-electron chi connectivity index (χ0n) is 16.9. The number of carbonyl (C=O) groups is 4. The minimum Gasteiger partial charge on any atom is -0.463 e. The van der Waals surface area contributed by atoms with Crippen LogP contribution in [0.5, 0.6) is 0 Å². The molecule has 4 fully saturated rings. The van der Waals surface area contributed by atoms with Crippen molar-refractivity contribution in [3.05, 3.63) is 12.2 Å². The average Bonchev–Trinajstić information content (AvgIpc) is 2.93. The summed E-state index contributed by atoms with van der Waals surface area (Å²) in [6.45, 7) is 5.80. The van der Waals surface area contributed by atoms with E-state index in [1.165, 1.54) is 6.92 Å². The highest BCUT2D eigenvalue weighted by atomic mass is 32.2. The molecule has 31 heavy (non-hydrogen) atoms. The first-order chi connectivity index (χ1) is 14.3. The molecule has 0 aromatic rings. The highest BCUT2D eigenvalue weighted by molar-refractivity contribution is 7.87. The number of esters is 4. The van der Waals surface area contributed by atoms with Gasteiger partial charge in [0.2, 0.25) is 5.60 Å². The van der Waals surface area contributed by atoms with Crippen molar-refractivity contribution in [3.8, 4) is 0 Å². The third-order valence-corrected chi connectivity index (χ3v) is 7.56. The van der Waals surface area contributed by atoms with Crippen LogP contribution < -0.4 is 0 Å². The van der Waals surface area contributed by atoms with Gasteiger partial charge in [0, 0.05) is 25.8 Å². The molecule has 12 nitrogen and oxygen atoms in total. The van der Waals surface area contributed by atoms with Crippen molar-refractivity contribution in [2.45, 2.75) is 61.5 Å². The van der Waals surface area contributed by atoms with Crippen LogP contribution in [0.1, 0.15) is 27.2 Å². The van der Waals surface area contributed by atoms with Crippen LogP contribution in [0.2, 0.25) is 0 Å². The number of rotatable bonds is 7. The molecule has 6 atom stereocenters. The van der Waals surface area contributed by atoms with Gasteiger partial charge >= 0.3 is 23.9 Å². The Labute approximate surface area is 176 Å². The molecule has 170 valence electrons. The van der Waals surface area contributed by atoms with Gasteiger partial charge in [-0.1, -0.05) is 6.58 Å². The Morgan fingerprint density at radius 3 is 2.35 bits per heavy atom. The first kappa shape index (κ1) is 21.7. The molecule has 0 aromatic heterocycles. The largest absolute Gasteiger partial charge is 0.463 e. The van der Waals surface area contributed by atoms with Gasteiger partial charge in [0.25, 0.3) is 10.1 Å². The third-order valence-electron chi connectivity index (χ3n) is 5.89. The Bertz CT molecular complexity index is 1020. The molecule has 3 saturated heterocycles. The van der Waals surface area contributed by atoms with E-state index in [1.54, 1.807) is 0 Å². The molecule has 13 heteroatoms. The molecule has 3 heterocycles. The second-order valence-electron chi connectivity index (χ2n) is 8.02. The van der Waals surface area contributed by atoms with E-state index in [0.29, 0.717) is 0 Å². The van der Waals surface area contributed by atoms with Crippen molar-refractivity contribution in [1.29, 1.82) is 0 Å². The fourth-order valence-corrected chi connectivity index (χ4v) is 6.83. The molecule has 0 aromatic carbocycles. The smallest absolute Gasteiger partial charge is 0.344 e. The molecule has 0 amide bonds. The predicted molar refractivity (Wildman–Crippen MR) is 95.5 cm³/mol. The molecule has 0 radical (unpaired) electrons. The molecule has 3 aliphatic heterocycles. The highest BCUT2D eigenvalue weighted by Gasteiger charge is 3.05. The van der Waals surface area contributed by atoms with Crippen molar-refractivity contribution >= 4 is 34.0 Å². The maximum Gasteiger partial charge on any atom is 0.344 e. The van der Waals surface area contributed by atoms with Crippen LogP contribution in [0.3, 0.4) is 0 Å². The predicted octanol–water partition coefficient (Wildman–Crippen LogP) is -1.10. The monoisotopic (exact) mass is 460 g/mol. The first-order valence-corrected chi connectivity index (χ1v) is 10.8. The number of fused-ring (bicyclic) bond motifs is 2. The van der Waals surface area contributed by atoms with Crippen LogP contribution in [0.15, 0.2) is 12.2 Å². The zero-order valence-corrected chi connectivity index (χ0v) is 17.7. The molecule has 1 spiro atoms. The minimum absolute atomic E-state index is 0.0656. The van der Waals surface area contributed by atoms with E-state index in [4.69, 9.17) is 27.9 Å². The third kappa shape index (κ3) is 2.76. The minimum atomic E-state index is -4.04. The van der Waals surface area contributed by atoms with Crippen LogP contribution in [0.25, 0.3) is 0 Å². The van der Waals surface area contributed by atoms with Crippen molar-refractivity contribution < 1.29 is 55.5 Å². The molecule has 0 N–H and O–H groups in total. The van der Waals surface area contributed by atoms with E-state index in [9.17, 15) is 27.6 Å². The van der Waals surface area contributed by atoms with Gasteiger partial charge < -0.3 is 23.7 Å². The van der Waals surface area contributed by atoms with Gasteiger partial charge in [-0.2, -0.15) is 8.42 Å². The normalized spacial score (nSPS) is 39.9. The lowest BCUT2D eigenvalue weighted by Crippen LogP contribution is -2.60. The number of hydrogen-bond donors (Lipinski definition) is 0. The summed E-state index contributed by atoms with van der Waals surface area (Å²) >= 11 is 0. The maximum atomic E-state index is 12.4. The van der Waals surface area contributed by atoms with E-state index in [1.807, 2.05) is 0 Å². The second kappa shape index (κ2) is 6.50. The van der Waals surface area contributed by atoms with Gasteiger partial charge in [0.15, 0.2) is 24.4 Å². The van der Waals surface area contributed by atoms with E-state index < -0.39 is 81.5 Å². The van der Waals surface area contributed by atoms with Gasteiger partial charge in [-0.05, 0) is 6.92 Å². The van der Waals surface area contributed by atoms with Gasteiger partial charge in [0.05, 0.1) is 0 Å². The molecule has 2 bridgehead atoms. The Hall–Kier alpha value is -2.51. The maximum absolute atomic E-state index is 12.4. The van der Waals surface area contributed by atoms with Crippen LogP contribution in [0, 0.1) is 0 Å². The van der Waals surface area contributed by atoms with Gasteiger partial charge in [-0.25, -0.2) is 9.59 Å². The Kier molecular flexibility index (Phi) is 4.55. The summed E-state index contributed by atoms with van der Waals surface area (Å²) in [5.41, 5.74) is -4.85. The molecule has 6 unspecified atom stereocenters. The molecule has 4 rings (SSSR count). The molecule has 1 aliphatic carbocycles. The summed E-state index contributed by atoms with van der Waals surface area (Å²) in [4.78, 5) is 47.2. The van der Waals surface area contributed by atoms with Crippen LogP contribution in [-0.2, 0) is 57.2 Å². The van der Waals surface area contributed by atoms with Crippen molar-refractivity contribution in [1.82, 2.24) is 0 Å². The quantitative estimate of drug-likeness (QED) is 0.196. The topological polar surface area (TPSA) is 158 Å². The SMILES string of the molecule is C=C(C)C(=O)OCC(=O)OC1C2(COC(C)=O)CC3C4(O2)C(OS3(=O)=O)C14OC(C)=O.